The second kappa shape index (κ2) is 13.4. The number of rotatable bonds is 6. The number of thiophene rings is 1. The molecule has 11 aromatic rings. The van der Waals surface area contributed by atoms with Crippen LogP contribution in [0.25, 0.3) is 86.9 Å². The molecule has 0 saturated carbocycles. The third kappa shape index (κ3) is 5.31. The lowest BCUT2D eigenvalue weighted by molar-refractivity contribution is 0.621. The van der Waals surface area contributed by atoms with Crippen LogP contribution < -0.4 is 4.90 Å². The summed E-state index contributed by atoms with van der Waals surface area (Å²) in [6.07, 6.45) is 0. The summed E-state index contributed by atoms with van der Waals surface area (Å²) in [5.74, 6) is 0.611. The molecule has 9 aromatic carbocycles. The minimum absolute atomic E-state index is 0.178. The third-order valence-corrected chi connectivity index (χ3v) is 13.7. The molecule has 0 radical (unpaired) electrons. The number of anilines is 3. The summed E-state index contributed by atoms with van der Waals surface area (Å²) in [4.78, 5) is 7.72. The summed E-state index contributed by atoms with van der Waals surface area (Å²) in [5.41, 5.74) is 15.6. The van der Waals surface area contributed by atoms with Crippen LogP contribution in [0.5, 0.6) is 0 Å². The number of para-hydroxylation sites is 2. The fourth-order valence-corrected chi connectivity index (χ4v) is 10.8. The zero-order valence-corrected chi connectivity index (χ0v) is 34.0. The van der Waals surface area contributed by atoms with Crippen molar-refractivity contribution in [3.63, 3.8) is 0 Å². The normalized spacial score (nSPS) is 13.0. The number of benzene rings is 9. The van der Waals surface area contributed by atoms with E-state index in [0.717, 1.165) is 50.1 Å². The van der Waals surface area contributed by atoms with Crippen LogP contribution in [-0.2, 0) is 5.41 Å². The molecule has 4 heteroatoms. The Bertz CT molecular complexity index is 3420. The minimum Gasteiger partial charge on any atom is -0.436 e. The van der Waals surface area contributed by atoms with E-state index in [1.54, 1.807) is 0 Å². The Labute approximate surface area is 352 Å². The fourth-order valence-electron chi connectivity index (χ4n) is 9.57. The van der Waals surface area contributed by atoms with Crippen molar-refractivity contribution in [3.8, 4) is 44.8 Å². The molecule has 0 bridgehead atoms. The first-order chi connectivity index (χ1) is 29.5. The van der Waals surface area contributed by atoms with Gasteiger partial charge >= 0.3 is 0 Å². The molecule has 0 fully saturated rings. The Morgan fingerprint density at radius 3 is 1.85 bits per heavy atom. The summed E-state index contributed by atoms with van der Waals surface area (Å²) in [6.45, 7) is 4.71. The number of fused-ring (bicyclic) bond motifs is 9. The number of hydrogen-bond acceptors (Lipinski definition) is 4. The van der Waals surface area contributed by atoms with Gasteiger partial charge in [-0.25, -0.2) is 4.98 Å². The fraction of sp³-hybridized carbons (Fsp3) is 0.0536. The van der Waals surface area contributed by atoms with Gasteiger partial charge in [-0.1, -0.05) is 166 Å². The van der Waals surface area contributed by atoms with Crippen LogP contribution >= 0.6 is 11.3 Å². The predicted octanol–water partition coefficient (Wildman–Crippen LogP) is 16.1. The Kier molecular flexibility index (Phi) is 7.75. The number of aromatic nitrogens is 1. The van der Waals surface area contributed by atoms with Crippen molar-refractivity contribution in [2.24, 2.45) is 0 Å². The molecule has 3 nitrogen and oxygen atoms in total. The largest absolute Gasteiger partial charge is 0.436 e. The summed E-state index contributed by atoms with van der Waals surface area (Å²) >= 11 is 1.84. The smallest absolute Gasteiger partial charge is 0.230 e. The summed E-state index contributed by atoms with van der Waals surface area (Å²) in [7, 11) is 0. The van der Waals surface area contributed by atoms with Gasteiger partial charge in [-0.15, -0.1) is 11.3 Å². The highest BCUT2D eigenvalue weighted by atomic mass is 32.1. The highest BCUT2D eigenvalue weighted by Crippen LogP contribution is 2.55. The predicted molar refractivity (Wildman–Crippen MR) is 253 cm³/mol. The van der Waals surface area contributed by atoms with Crippen molar-refractivity contribution in [2.45, 2.75) is 19.3 Å². The van der Waals surface area contributed by atoms with E-state index in [9.17, 15) is 0 Å². The quantitative estimate of drug-likeness (QED) is 0.168. The SMILES string of the molecule is CC1(C)c2ccccc2-c2ccc(N(c3ccc(-c4ccc(-c5ccccc5)cc4)cc3)c3c(-c4nc5ccccc5o4)c4c5ccccc5sc4c4ccccc34)cc21. The maximum Gasteiger partial charge on any atom is 0.230 e. The molecule has 2 heterocycles. The van der Waals surface area contributed by atoms with Gasteiger partial charge in [-0.2, -0.15) is 0 Å². The Morgan fingerprint density at radius 1 is 0.500 bits per heavy atom. The molecule has 284 valence electrons. The van der Waals surface area contributed by atoms with Gasteiger partial charge in [0.1, 0.15) is 5.52 Å². The van der Waals surface area contributed by atoms with Gasteiger partial charge < -0.3 is 9.32 Å². The molecular formula is C56H38N2OS. The van der Waals surface area contributed by atoms with Gasteiger partial charge in [0, 0.05) is 47.7 Å². The minimum atomic E-state index is -0.178. The average Bonchev–Trinajstić information content (AvgIpc) is 3.98. The molecule has 0 unspecified atom stereocenters. The van der Waals surface area contributed by atoms with Gasteiger partial charge in [0.2, 0.25) is 5.89 Å². The van der Waals surface area contributed by atoms with Gasteiger partial charge in [0.25, 0.3) is 0 Å². The standard InChI is InChI=1S/C56H38N2OS/c1-56(2)46-20-10-8-16-41(46)42-33-32-40(34-47(42)56)58(39-30-28-38(29-31-39)37-26-24-36(25-27-37)35-14-4-3-5-15-35)53-43-17-6-7-18-44(43)54-51(45-19-9-13-23-50(45)60-54)52(53)55-57-48-21-11-12-22-49(48)59-55/h3-34H,1-2H3. The van der Waals surface area contributed by atoms with E-state index in [0.29, 0.717) is 5.89 Å². The maximum absolute atomic E-state index is 6.83. The van der Waals surface area contributed by atoms with Crippen LogP contribution in [0, 0.1) is 0 Å². The Hall–Kier alpha value is -7.27. The van der Waals surface area contributed by atoms with E-state index in [1.807, 2.05) is 35.6 Å². The third-order valence-electron chi connectivity index (χ3n) is 12.5. The van der Waals surface area contributed by atoms with Crippen molar-refractivity contribution < 1.29 is 4.42 Å². The van der Waals surface area contributed by atoms with Crippen LogP contribution in [0.1, 0.15) is 25.0 Å². The van der Waals surface area contributed by atoms with Gasteiger partial charge in [-0.05, 0) is 87.0 Å². The molecular weight excluding hydrogens is 749 g/mol. The molecule has 0 saturated heterocycles. The first-order valence-corrected chi connectivity index (χ1v) is 21.4. The van der Waals surface area contributed by atoms with Crippen molar-refractivity contribution in [1.29, 1.82) is 0 Å². The van der Waals surface area contributed by atoms with E-state index in [4.69, 9.17) is 9.40 Å². The van der Waals surface area contributed by atoms with E-state index in [1.165, 1.54) is 59.1 Å². The first kappa shape index (κ1) is 34.7. The van der Waals surface area contributed by atoms with Crippen LogP contribution in [0.2, 0.25) is 0 Å². The highest BCUT2D eigenvalue weighted by molar-refractivity contribution is 7.26. The van der Waals surface area contributed by atoms with Gasteiger partial charge in [0.15, 0.2) is 5.58 Å². The van der Waals surface area contributed by atoms with Crippen LogP contribution in [0.4, 0.5) is 17.1 Å². The van der Waals surface area contributed by atoms with E-state index < -0.39 is 0 Å². The summed E-state index contributed by atoms with van der Waals surface area (Å²) in [5, 5.41) is 4.70. The van der Waals surface area contributed by atoms with Crippen molar-refractivity contribution in [1.82, 2.24) is 4.98 Å². The van der Waals surface area contributed by atoms with Gasteiger partial charge in [-0.3, -0.25) is 0 Å². The molecule has 0 spiro atoms. The molecule has 12 rings (SSSR count). The monoisotopic (exact) mass is 786 g/mol. The Balaban J connectivity index is 1.14. The molecule has 0 aliphatic heterocycles. The van der Waals surface area contributed by atoms with Crippen molar-refractivity contribution in [2.75, 3.05) is 4.90 Å². The number of hydrogen-bond donors (Lipinski definition) is 0. The van der Waals surface area contributed by atoms with E-state index >= 15 is 0 Å². The van der Waals surface area contributed by atoms with Crippen molar-refractivity contribution in [3.05, 3.63) is 205 Å². The molecule has 2 aromatic heterocycles. The second-order valence-electron chi connectivity index (χ2n) is 16.3. The number of oxazole rings is 1. The molecule has 0 amide bonds. The zero-order chi connectivity index (χ0) is 40.0. The average molecular weight is 787 g/mol. The lowest BCUT2D eigenvalue weighted by Gasteiger charge is -2.31. The summed E-state index contributed by atoms with van der Waals surface area (Å²) < 4.78 is 9.29. The van der Waals surface area contributed by atoms with Crippen LogP contribution in [-0.4, -0.2) is 4.98 Å². The Morgan fingerprint density at radius 2 is 1.08 bits per heavy atom. The lowest BCUT2D eigenvalue weighted by atomic mass is 9.82. The molecule has 0 N–H and O–H groups in total. The molecule has 0 atom stereocenters. The first-order valence-electron chi connectivity index (χ1n) is 20.5. The van der Waals surface area contributed by atoms with Crippen LogP contribution in [0.3, 0.4) is 0 Å². The van der Waals surface area contributed by atoms with Gasteiger partial charge in [0.05, 0.1) is 11.3 Å². The second-order valence-corrected chi connectivity index (χ2v) is 17.3. The summed E-state index contributed by atoms with van der Waals surface area (Å²) in [6, 6.07) is 70.1. The van der Waals surface area contributed by atoms with Crippen molar-refractivity contribution >= 4 is 70.4 Å². The molecule has 1 aliphatic rings. The molecule has 1 aliphatic carbocycles. The highest BCUT2D eigenvalue weighted by Gasteiger charge is 2.36. The van der Waals surface area contributed by atoms with Crippen LogP contribution in [0.15, 0.2) is 199 Å². The topological polar surface area (TPSA) is 29.3 Å². The number of nitrogens with zero attached hydrogens (tertiary/aromatic N) is 2. The maximum atomic E-state index is 6.83. The zero-order valence-electron chi connectivity index (χ0n) is 33.2. The molecule has 60 heavy (non-hydrogen) atoms. The van der Waals surface area contributed by atoms with E-state index in [2.05, 4.69) is 189 Å². The lowest BCUT2D eigenvalue weighted by Crippen LogP contribution is -2.17. The van der Waals surface area contributed by atoms with E-state index in [-0.39, 0.29) is 5.41 Å².